The molecule has 0 aromatic rings. The number of nitrogens with two attached hydrogens (primary N) is 1. The minimum atomic E-state index is 0.223. The predicted molar refractivity (Wildman–Crippen MR) is 46.2 cm³/mol. The summed E-state index contributed by atoms with van der Waals surface area (Å²) < 4.78 is 0. The van der Waals surface area contributed by atoms with Gasteiger partial charge in [-0.1, -0.05) is 6.92 Å². The van der Waals surface area contributed by atoms with Gasteiger partial charge in [-0.25, -0.2) is 0 Å². The van der Waals surface area contributed by atoms with Crippen molar-refractivity contribution >= 4 is 5.91 Å². The van der Waals surface area contributed by atoms with Gasteiger partial charge in [0.05, 0.1) is 0 Å². The maximum absolute atomic E-state index is 11.2. The van der Waals surface area contributed by atoms with Crippen molar-refractivity contribution in [2.75, 3.05) is 19.6 Å². The van der Waals surface area contributed by atoms with Crippen molar-refractivity contribution in [1.82, 2.24) is 4.90 Å². The molecule has 0 rings (SSSR count). The van der Waals surface area contributed by atoms with Gasteiger partial charge in [0, 0.05) is 26.1 Å². The fourth-order valence-corrected chi connectivity index (χ4v) is 0.987. The van der Waals surface area contributed by atoms with Crippen LogP contribution in [0.5, 0.6) is 0 Å². The topological polar surface area (TPSA) is 46.3 Å². The zero-order chi connectivity index (χ0) is 8.69. The van der Waals surface area contributed by atoms with Gasteiger partial charge < -0.3 is 10.6 Å². The average Bonchev–Trinajstić information content (AvgIpc) is 2.00. The van der Waals surface area contributed by atoms with Gasteiger partial charge in [0.25, 0.3) is 0 Å². The molecule has 0 saturated heterocycles. The minimum absolute atomic E-state index is 0.223. The molecular weight excluding hydrogens is 140 g/mol. The first-order valence-electron chi connectivity index (χ1n) is 4.24. The van der Waals surface area contributed by atoms with Crippen LogP contribution in [-0.4, -0.2) is 30.4 Å². The van der Waals surface area contributed by atoms with Crippen LogP contribution in [0.25, 0.3) is 0 Å². The fourth-order valence-electron chi connectivity index (χ4n) is 0.987. The van der Waals surface area contributed by atoms with E-state index >= 15 is 0 Å². The van der Waals surface area contributed by atoms with Crippen LogP contribution in [-0.2, 0) is 4.79 Å². The zero-order valence-electron chi connectivity index (χ0n) is 7.47. The molecule has 0 fully saturated rings. The molecule has 1 amide bonds. The summed E-state index contributed by atoms with van der Waals surface area (Å²) in [5, 5.41) is 0. The molecular formula is C8H18N2O. The second-order valence-electron chi connectivity index (χ2n) is 2.51. The van der Waals surface area contributed by atoms with Gasteiger partial charge in [0.2, 0.25) is 5.91 Å². The van der Waals surface area contributed by atoms with Crippen molar-refractivity contribution in [2.24, 2.45) is 5.73 Å². The second-order valence-corrected chi connectivity index (χ2v) is 2.51. The molecule has 0 saturated carbocycles. The number of likely N-dealkylation sites (N-methyl/N-ethyl adjacent to an activating group) is 1. The van der Waals surface area contributed by atoms with Gasteiger partial charge in [-0.05, 0) is 13.3 Å². The summed E-state index contributed by atoms with van der Waals surface area (Å²) in [5.41, 5.74) is 5.35. The van der Waals surface area contributed by atoms with Crippen LogP contribution in [0, 0.1) is 0 Å². The van der Waals surface area contributed by atoms with Crippen molar-refractivity contribution < 1.29 is 4.79 Å². The minimum Gasteiger partial charge on any atom is -0.342 e. The molecule has 0 atom stereocenters. The number of amides is 1. The number of rotatable bonds is 5. The largest absolute Gasteiger partial charge is 0.342 e. The Morgan fingerprint density at radius 3 is 2.45 bits per heavy atom. The standard InChI is InChI=1S/C8H18N2O/c1-3-5-8(11)10(4-2)7-6-9/h3-7,9H2,1-2H3. The Morgan fingerprint density at radius 1 is 1.45 bits per heavy atom. The lowest BCUT2D eigenvalue weighted by Crippen LogP contribution is -2.34. The van der Waals surface area contributed by atoms with E-state index in [1.807, 2.05) is 13.8 Å². The van der Waals surface area contributed by atoms with Gasteiger partial charge in [-0.3, -0.25) is 4.79 Å². The molecule has 66 valence electrons. The molecule has 3 heteroatoms. The van der Waals surface area contributed by atoms with Crippen LogP contribution >= 0.6 is 0 Å². The first-order chi connectivity index (χ1) is 5.26. The molecule has 0 aliphatic heterocycles. The Bertz CT molecular complexity index is 115. The Balaban J connectivity index is 3.71. The molecule has 0 aliphatic carbocycles. The predicted octanol–water partition coefficient (Wildman–Crippen LogP) is 0.594. The van der Waals surface area contributed by atoms with Gasteiger partial charge in [0.1, 0.15) is 0 Å². The van der Waals surface area contributed by atoms with E-state index in [0.29, 0.717) is 19.5 Å². The molecule has 0 spiro atoms. The summed E-state index contributed by atoms with van der Waals surface area (Å²) in [6.07, 6.45) is 1.56. The molecule has 2 N–H and O–H groups in total. The third-order valence-electron chi connectivity index (χ3n) is 1.60. The lowest BCUT2D eigenvalue weighted by Gasteiger charge is -2.19. The van der Waals surface area contributed by atoms with E-state index < -0.39 is 0 Å². The van der Waals surface area contributed by atoms with Crippen molar-refractivity contribution in [2.45, 2.75) is 26.7 Å². The van der Waals surface area contributed by atoms with Gasteiger partial charge in [-0.2, -0.15) is 0 Å². The maximum atomic E-state index is 11.2. The summed E-state index contributed by atoms with van der Waals surface area (Å²) in [5.74, 6) is 0.223. The van der Waals surface area contributed by atoms with Gasteiger partial charge >= 0.3 is 0 Å². The van der Waals surface area contributed by atoms with E-state index in [1.165, 1.54) is 0 Å². The molecule has 0 aliphatic rings. The van der Waals surface area contributed by atoms with Crippen LogP contribution in [0.4, 0.5) is 0 Å². The smallest absolute Gasteiger partial charge is 0.222 e. The Hall–Kier alpha value is -0.570. The van der Waals surface area contributed by atoms with Crippen LogP contribution in [0.1, 0.15) is 26.7 Å². The zero-order valence-corrected chi connectivity index (χ0v) is 7.47. The molecule has 3 nitrogen and oxygen atoms in total. The molecule has 0 bridgehead atoms. The van der Waals surface area contributed by atoms with E-state index in [4.69, 9.17) is 5.73 Å². The Kier molecular flexibility index (Phi) is 5.84. The molecule has 0 unspecified atom stereocenters. The highest BCUT2D eigenvalue weighted by Crippen LogP contribution is 1.95. The third-order valence-corrected chi connectivity index (χ3v) is 1.60. The third kappa shape index (κ3) is 3.98. The quantitative estimate of drug-likeness (QED) is 0.636. The number of hydrogen-bond acceptors (Lipinski definition) is 2. The summed E-state index contributed by atoms with van der Waals surface area (Å²) in [7, 11) is 0. The Labute approximate surface area is 68.6 Å². The van der Waals surface area contributed by atoms with E-state index in [1.54, 1.807) is 4.90 Å². The molecule has 0 heterocycles. The number of carbonyl (C=O) groups excluding carboxylic acids is 1. The highest BCUT2D eigenvalue weighted by molar-refractivity contribution is 5.76. The first kappa shape index (κ1) is 10.4. The lowest BCUT2D eigenvalue weighted by atomic mass is 10.3. The number of nitrogens with zero attached hydrogens (tertiary/aromatic N) is 1. The highest BCUT2D eigenvalue weighted by atomic mass is 16.2. The SMILES string of the molecule is CCCC(=O)N(CC)CCN. The summed E-state index contributed by atoms with van der Waals surface area (Å²) in [4.78, 5) is 13.0. The van der Waals surface area contributed by atoms with E-state index in [-0.39, 0.29) is 5.91 Å². The number of hydrogen-bond donors (Lipinski definition) is 1. The van der Waals surface area contributed by atoms with Crippen LogP contribution < -0.4 is 5.73 Å². The Morgan fingerprint density at radius 2 is 2.09 bits per heavy atom. The molecule has 0 radical (unpaired) electrons. The van der Waals surface area contributed by atoms with Crippen LogP contribution in [0.3, 0.4) is 0 Å². The highest BCUT2D eigenvalue weighted by Gasteiger charge is 2.07. The molecule has 0 aromatic carbocycles. The van der Waals surface area contributed by atoms with Crippen molar-refractivity contribution in [3.8, 4) is 0 Å². The van der Waals surface area contributed by atoms with E-state index in [9.17, 15) is 4.79 Å². The monoisotopic (exact) mass is 158 g/mol. The van der Waals surface area contributed by atoms with Gasteiger partial charge in [0.15, 0.2) is 0 Å². The summed E-state index contributed by atoms with van der Waals surface area (Å²) >= 11 is 0. The van der Waals surface area contributed by atoms with Crippen LogP contribution in [0.15, 0.2) is 0 Å². The van der Waals surface area contributed by atoms with Crippen molar-refractivity contribution in [3.05, 3.63) is 0 Å². The lowest BCUT2D eigenvalue weighted by molar-refractivity contribution is -0.130. The maximum Gasteiger partial charge on any atom is 0.222 e. The van der Waals surface area contributed by atoms with E-state index in [0.717, 1.165) is 13.0 Å². The summed E-state index contributed by atoms with van der Waals surface area (Å²) in [6, 6.07) is 0. The average molecular weight is 158 g/mol. The van der Waals surface area contributed by atoms with Crippen molar-refractivity contribution in [1.29, 1.82) is 0 Å². The molecule has 0 aromatic heterocycles. The normalized spacial score (nSPS) is 9.73. The van der Waals surface area contributed by atoms with Gasteiger partial charge in [-0.15, -0.1) is 0 Å². The summed E-state index contributed by atoms with van der Waals surface area (Å²) in [6.45, 7) is 6.01. The van der Waals surface area contributed by atoms with E-state index in [2.05, 4.69) is 0 Å². The fraction of sp³-hybridized carbons (Fsp3) is 0.875. The number of carbonyl (C=O) groups is 1. The first-order valence-corrected chi connectivity index (χ1v) is 4.24. The second kappa shape index (κ2) is 6.16. The van der Waals surface area contributed by atoms with Crippen molar-refractivity contribution in [3.63, 3.8) is 0 Å². The molecule has 11 heavy (non-hydrogen) atoms. The van der Waals surface area contributed by atoms with Crippen LogP contribution in [0.2, 0.25) is 0 Å².